The Morgan fingerprint density at radius 3 is 1.30 bits per heavy atom. The fourth-order valence-electron chi connectivity index (χ4n) is 4.76. The maximum atomic E-state index is 11.3. The number of rotatable bonds is 7. The van der Waals surface area contributed by atoms with E-state index in [1.807, 2.05) is 0 Å². The van der Waals surface area contributed by atoms with E-state index in [1.165, 1.54) is 0 Å². The molecule has 0 aromatic carbocycles. The Morgan fingerprint density at radius 1 is 0.514 bits per heavy atom. The van der Waals surface area contributed by atoms with Gasteiger partial charge in [-0.05, 0) is 5.41 Å². The van der Waals surface area contributed by atoms with E-state index in [4.69, 9.17) is 23.7 Å². The van der Waals surface area contributed by atoms with E-state index in [0.29, 0.717) is 0 Å². The van der Waals surface area contributed by atoms with E-state index >= 15 is 0 Å². The number of ether oxygens (including phenoxy) is 5. The van der Waals surface area contributed by atoms with Gasteiger partial charge in [0.1, 0.15) is 73.2 Å². The lowest BCUT2D eigenvalue weighted by Gasteiger charge is -2.51. The van der Waals surface area contributed by atoms with Gasteiger partial charge >= 0.3 is 0 Å². The minimum absolute atomic E-state index is 0.654. The highest BCUT2D eigenvalue weighted by Gasteiger charge is 2.55. The van der Waals surface area contributed by atoms with Crippen molar-refractivity contribution in [2.45, 2.75) is 113 Å². The predicted octanol–water partition coefficient (Wildman–Crippen LogP) is -5.48. The highest BCUT2D eigenvalue weighted by atomic mass is 16.7. The predicted molar refractivity (Wildman–Crippen MR) is 118 cm³/mol. The monoisotopic (exact) mass is 544 g/mol. The molecule has 0 saturated carbocycles. The van der Waals surface area contributed by atoms with Crippen LogP contribution in [-0.4, -0.2) is 163 Å². The van der Waals surface area contributed by atoms with Gasteiger partial charge in [-0.15, -0.1) is 0 Å². The zero-order valence-corrected chi connectivity index (χ0v) is 20.8. The SMILES string of the molecule is CC(C)(C)C1O[C@H](CO)[C@@H](OC2O[C@H](CO)[C@@H](O)[C@H](O)[C@H]2O)[C@H](O)[C@H]1OC1O[C@H](CO)[C@@H](O)[C@H](O)[C@H]1O. The van der Waals surface area contributed by atoms with Crippen LogP contribution in [0, 0.1) is 5.41 Å². The summed E-state index contributed by atoms with van der Waals surface area (Å²) in [6, 6.07) is 0. The first-order chi connectivity index (χ1) is 17.3. The third kappa shape index (κ3) is 6.26. The van der Waals surface area contributed by atoms with Crippen LogP contribution in [0.1, 0.15) is 20.8 Å². The highest BCUT2D eigenvalue weighted by molar-refractivity contribution is 5.00. The first kappa shape index (κ1) is 30.9. The summed E-state index contributed by atoms with van der Waals surface area (Å²) < 4.78 is 28.3. The van der Waals surface area contributed by atoms with Crippen LogP contribution >= 0.6 is 0 Å². The highest BCUT2D eigenvalue weighted by Crippen LogP contribution is 2.38. The van der Waals surface area contributed by atoms with Crippen molar-refractivity contribution in [3.8, 4) is 0 Å². The molecular formula is C22H40O15. The molecule has 15 nitrogen and oxygen atoms in total. The molecule has 3 fully saturated rings. The van der Waals surface area contributed by atoms with Crippen molar-refractivity contribution in [2.24, 2.45) is 5.41 Å². The van der Waals surface area contributed by atoms with Crippen LogP contribution in [0.2, 0.25) is 0 Å². The minimum Gasteiger partial charge on any atom is -0.394 e. The molecule has 0 aromatic rings. The van der Waals surface area contributed by atoms with Crippen LogP contribution in [0.5, 0.6) is 0 Å². The molecule has 3 saturated heterocycles. The van der Waals surface area contributed by atoms with Crippen molar-refractivity contribution < 1.29 is 74.7 Å². The average Bonchev–Trinajstić information content (AvgIpc) is 2.85. The van der Waals surface area contributed by atoms with Crippen LogP contribution in [0.4, 0.5) is 0 Å². The Morgan fingerprint density at radius 2 is 0.919 bits per heavy atom. The summed E-state index contributed by atoms with van der Waals surface area (Å²) in [5.41, 5.74) is -0.735. The van der Waals surface area contributed by atoms with Gasteiger partial charge in [-0.25, -0.2) is 0 Å². The molecule has 218 valence electrons. The van der Waals surface area contributed by atoms with Crippen LogP contribution in [0.15, 0.2) is 0 Å². The van der Waals surface area contributed by atoms with E-state index in [-0.39, 0.29) is 0 Å². The number of hydrogen-bond donors (Lipinski definition) is 10. The average molecular weight is 545 g/mol. The Kier molecular flexibility index (Phi) is 10.3. The fraction of sp³-hybridized carbons (Fsp3) is 1.00. The van der Waals surface area contributed by atoms with Gasteiger partial charge in [-0.2, -0.15) is 0 Å². The van der Waals surface area contributed by atoms with Crippen LogP contribution in [-0.2, 0) is 23.7 Å². The third-order valence-electron chi connectivity index (χ3n) is 6.97. The van der Waals surface area contributed by atoms with Crippen LogP contribution < -0.4 is 0 Å². The lowest BCUT2D eigenvalue weighted by molar-refractivity contribution is -0.370. The number of aliphatic hydroxyl groups is 10. The Labute approximate surface area is 213 Å². The van der Waals surface area contributed by atoms with Crippen LogP contribution in [0.25, 0.3) is 0 Å². The molecule has 3 aliphatic heterocycles. The summed E-state index contributed by atoms with van der Waals surface area (Å²) >= 11 is 0. The minimum atomic E-state index is -1.80. The first-order valence-corrected chi connectivity index (χ1v) is 12.1. The van der Waals surface area contributed by atoms with E-state index in [2.05, 4.69) is 0 Å². The van der Waals surface area contributed by atoms with Gasteiger partial charge in [0.05, 0.1) is 25.9 Å². The lowest BCUT2D eigenvalue weighted by Crippen LogP contribution is -2.68. The number of hydrogen-bond acceptors (Lipinski definition) is 15. The zero-order chi connectivity index (χ0) is 27.8. The molecule has 3 rings (SSSR count). The second kappa shape index (κ2) is 12.3. The largest absolute Gasteiger partial charge is 0.394 e. The molecule has 0 radical (unpaired) electrons. The molecule has 3 aliphatic rings. The molecule has 0 aromatic heterocycles. The fourth-order valence-corrected chi connectivity index (χ4v) is 4.76. The summed E-state index contributed by atoms with van der Waals surface area (Å²) in [5, 5.41) is 101. The zero-order valence-electron chi connectivity index (χ0n) is 20.8. The van der Waals surface area contributed by atoms with Crippen molar-refractivity contribution in [2.75, 3.05) is 19.8 Å². The molecular weight excluding hydrogens is 504 g/mol. The molecule has 15 heteroatoms. The molecule has 37 heavy (non-hydrogen) atoms. The lowest BCUT2D eigenvalue weighted by atomic mass is 9.80. The molecule has 10 N–H and O–H groups in total. The first-order valence-electron chi connectivity index (χ1n) is 12.1. The Bertz CT molecular complexity index is 717. The van der Waals surface area contributed by atoms with E-state index in [1.54, 1.807) is 20.8 Å². The van der Waals surface area contributed by atoms with Gasteiger partial charge in [0.2, 0.25) is 0 Å². The van der Waals surface area contributed by atoms with Crippen molar-refractivity contribution in [3.05, 3.63) is 0 Å². The maximum Gasteiger partial charge on any atom is 0.187 e. The molecule has 15 atom stereocenters. The number of aliphatic hydroxyl groups excluding tert-OH is 10. The van der Waals surface area contributed by atoms with Crippen molar-refractivity contribution in [1.29, 1.82) is 0 Å². The van der Waals surface area contributed by atoms with Gasteiger partial charge in [-0.3, -0.25) is 0 Å². The maximum absolute atomic E-state index is 11.3. The molecule has 3 unspecified atom stereocenters. The van der Waals surface area contributed by atoms with Gasteiger partial charge in [-0.1, -0.05) is 20.8 Å². The van der Waals surface area contributed by atoms with Gasteiger partial charge in [0, 0.05) is 0 Å². The molecule has 0 aliphatic carbocycles. The van der Waals surface area contributed by atoms with Gasteiger partial charge < -0.3 is 74.7 Å². The summed E-state index contributed by atoms with van der Waals surface area (Å²) in [6.07, 6.45) is -22.8. The Balaban J connectivity index is 1.87. The standard InChI is InChI=1S/C22H40O15/c1-22(2,3)19-18(37-21-15(31)13(29)11(27)8(5-24)35-21)16(32)17(9(6-25)33-19)36-20-14(30)12(28)10(26)7(4-23)34-20/h7-21,23-32H,4-6H2,1-3H3/t7-,8-,9-,10-,11-,12+,13+,14-,15-,16+,17-,18-,19?,20?,21?/m1/s1. The van der Waals surface area contributed by atoms with Crippen molar-refractivity contribution >= 4 is 0 Å². The quantitative estimate of drug-likeness (QED) is 0.144. The normalized spacial score (nSPS) is 49.7. The topological polar surface area (TPSA) is 248 Å². The summed E-state index contributed by atoms with van der Waals surface area (Å²) in [4.78, 5) is 0. The van der Waals surface area contributed by atoms with Crippen LogP contribution in [0.3, 0.4) is 0 Å². The van der Waals surface area contributed by atoms with E-state index in [0.717, 1.165) is 0 Å². The van der Waals surface area contributed by atoms with E-state index in [9.17, 15) is 51.1 Å². The molecule has 3 heterocycles. The molecule has 0 amide bonds. The van der Waals surface area contributed by atoms with Crippen molar-refractivity contribution in [1.82, 2.24) is 0 Å². The smallest absolute Gasteiger partial charge is 0.187 e. The second-order valence-corrected chi connectivity index (χ2v) is 10.7. The summed E-state index contributed by atoms with van der Waals surface area (Å²) in [6.45, 7) is 3.18. The third-order valence-corrected chi connectivity index (χ3v) is 6.97. The van der Waals surface area contributed by atoms with Gasteiger partial charge in [0.25, 0.3) is 0 Å². The summed E-state index contributed by atoms with van der Waals surface area (Å²) in [7, 11) is 0. The van der Waals surface area contributed by atoms with E-state index < -0.39 is 117 Å². The summed E-state index contributed by atoms with van der Waals surface area (Å²) in [5.74, 6) is 0. The molecule has 0 bridgehead atoms. The molecule has 0 spiro atoms. The van der Waals surface area contributed by atoms with Crippen molar-refractivity contribution in [3.63, 3.8) is 0 Å². The van der Waals surface area contributed by atoms with Gasteiger partial charge in [0.15, 0.2) is 12.6 Å². The second-order valence-electron chi connectivity index (χ2n) is 10.7. The Hall–Kier alpha value is -0.600.